The normalized spacial score (nSPS) is 13.9. The molecule has 2 heterocycles. The summed E-state index contributed by atoms with van der Waals surface area (Å²) in [6, 6.07) is 10.5. The molecule has 0 unspecified atom stereocenters. The van der Waals surface area contributed by atoms with E-state index in [9.17, 15) is 21.6 Å². The van der Waals surface area contributed by atoms with Crippen LogP contribution in [0.15, 0.2) is 59.6 Å². The first-order valence-corrected chi connectivity index (χ1v) is 14.4. The van der Waals surface area contributed by atoms with Crippen LogP contribution in [0.25, 0.3) is 0 Å². The summed E-state index contributed by atoms with van der Waals surface area (Å²) in [5.41, 5.74) is 1.11. The Bertz CT molecular complexity index is 1530. The van der Waals surface area contributed by atoms with E-state index in [0.717, 1.165) is 10.6 Å². The van der Waals surface area contributed by atoms with Crippen molar-refractivity contribution in [2.75, 3.05) is 33.8 Å². The van der Waals surface area contributed by atoms with Gasteiger partial charge in [-0.05, 0) is 56.3 Å². The number of nitrogens with one attached hydrogen (secondary N) is 2. The Morgan fingerprint density at radius 1 is 1.00 bits per heavy atom. The molecule has 0 radical (unpaired) electrons. The van der Waals surface area contributed by atoms with Gasteiger partial charge in [0, 0.05) is 23.6 Å². The Morgan fingerprint density at radius 3 is 2.32 bits per heavy atom. The fraction of sp³-hybridized carbons (Fsp3) is 0.261. The van der Waals surface area contributed by atoms with Crippen LogP contribution < -0.4 is 23.8 Å². The van der Waals surface area contributed by atoms with E-state index >= 15 is 0 Å². The minimum Gasteiger partial charge on any atom is -0.486 e. The third kappa shape index (κ3) is 6.09. The van der Waals surface area contributed by atoms with Gasteiger partial charge in [0.2, 0.25) is 21.9 Å². The van der Waals surface area contributed by atoms with Crippen LogP contribution in [-0.2, 0) is 24.8 Å². The first-order valence-electron chi connectivity index (χ1n) is 11.1. The smallest absolute Gasteiger partial charge is 0.264 e. The predicted octanol–water partition coefficient (Wildman–Crippen LogP) is 2.15. The zero-order chi connectivity index (χ0) is 26.8. The van der Waals surface area contributed by atoms with E-state index in [1.165, 1.54) is 49.5 Å². The summed E-state index contributed by atoms with van der Waals surface area (Å²) in [5.74, 6) is 0.180. The van der Waals surface area contributed by atoms with Crippen LogP contribution in [0, 0.1) is 6.92 Å². The number of fused-ring (bicyclic) bond motifs is 1. The Labute approximate surface area is 214 Å². The van der Waals surface area contributed by atoms with Crippen molar-refractivity contribution in [1.82, 2.24) is 9.97 Å². The number of amides is 1. The molecule has 3 aromatic rings. The van der Waals surface area contributed by atoms with Crippen molar-refractivity contribution in [3.05, 3.63) is 60.4 Å². The molecule has 0 saturated heterocycles. The van der Waals surface area contributed by atoms with Crippen molar-refractivity contribution in [2.45, 2.75) is 24.8 Å². The number of carbonyl (C=O) groups excluding carboxylic acids is 1. The molecule has 2 N–H and O–H groups in total. The number of hydrogen-bond acceptors (Lipinski definition) is 9. The Balaban J connectivity index is 1.50. The fourth-order valence-corrected chi connectivity index (χ4v) is 5.74. The summed E-state index contributed by atoms with van der Waals surface area (Å²) >= 11 is 0. The van der Waals surface area contributed by atoms with E-state index in [-0.39, 0.29) is 22.2 Å². The Kier molecular flexibility index (Phi) is 7.23. The van der Waals surface area contributed by atoms with Gasteiger partial charge in [0.05, 0.1) is 16.8 Å². The highest BCUT2D eigenvalue weighted by Crippen LogP contribution is 2.35. The molecule has 12 nitrogen and oxygen atoms in total. The maximum atomic E-state index is 13.0. The molecule has 2 aromatic carbocycles. The standard InChI is InChI=1S/C23H25N5O7S2/c1-15-10-11-24-23(25-15)27-37(32,33)19-7-4-17(5-8-19)26-22(29)16(2)28(36(3,30)31)18-6-9-20-21(14-18)35-13-12-34-20/h4-11,14,16H,12-13H2,1-3H3,(H,26,29)(H,24,25,27)/t16-/m0/s1. The molecule has 1 aliphatic heterocycles. The summed E-state index contributed by atoms with van der Waals surface area (Å²) in [6.45, 7) is 3.86. The van der Waals surface area contributed by atoms with Crippen LogP contribution in [0.3, 0.4) is 0 Å². The number of anilines is 3. The van der Waals surface area contributed by atoms with E-state index < -0.39 is 32.0 Å². The molecule has 1 atom stereocenters. The molecule has 0 saturated carbocycles. The molecule has 14 heteroatoms. The van der Waals surface area contributed by atoms with Crippen molar-refractivity contribution in [3.63, 3.8) is 0 Å². The van der Waals surface area contributed by atoms with E-state index in [1.807, 2.05) is 0 Å². The predicted molar refractivity (Wildman–Crippen MR) is 137 cm³/mol. The van der Waals surface area contributed by atoms with Gasteiger partial charge < -0.3 is 14.8 Å². The van der Waals surface area contributed by atoms with E-state index in [1.54, 1.807) is 19.1 Å². The summed E-state index contributed by atoms with van der Waals surface area (Å²) in [6.07, 6.45) is 2.43. The second-order valence-corrected chi connectivity index (χ2v) is 11.7. The number of benzene rings is 2. The van der Waals surface area contributed by atoms with Crippen LogP contribution >= 0.6 is 0 Å². The van der Waals surface area contributed by atoms with Gasteiger partial charge in [0.1, 0.15) is 19.3 Å². The fourth-order valence-electron chi connectivity index (χ4n) is 3.62. The average molecular weight is 548 g/mol. The van der Waals surface area contributed by atoms with E-state index in [4.69, 9.17) is 9.47 Å². The molecule has 1 amide bonds. The lowest BCUT2D eigenvalue weighted by Crippen LogP contribution is -2.45. The molecular formula is C23H25N5O7S2. The number of sulfonamides is 2. The number of rotatable bonds is 8. The second-order valence-electron chi connectivity index (χ2n) is 8.20. The zero-order valence-electron chi connectivity index (χ0n) is 20.2. The van der Waals surface area contributed by atoms with Crippen LogP contribution in [0.4, 0.5) is 17.3 Å². The van der Waals surface area contributed by atoms with Gasteiger partial charge >= 0.3 is 0 Å². The minimum absolute atomic E-state index is 0.0637. The van der Waals surface area contributed by atoms with Crippen molar-refractivity contribution >= 4 is 43.3 Å². The molecule has 196 valence electrons. The first kappa shape index (κ1) is 26.2. The zero-order valence-corrected chi connectivity index (χ0v) is 21.8. The molecule has 1 aliphatic rings. The Hall–Kier alpha value is -3.91. The number of carbonyl (C=O) groups is 1. The summed E-state index contributed by atoms with van der Waals surface area (Å²) in [5, 5.41) is 2.62. The number of aryl methyl sites for hydroxylation is 1. The van der Waals surface area contributed by atoms with Gasteiger partial charge in [-0.1, -0.05) is 0 Å². The van der Waals surface area contributed by atoms with E-state index in [0.29, 0.717) is 30.4 Å². The van der Waals surface area contributed by atoms with Crippen LogP contribution in [0.1, 0.15) is 12.6 Å². The van der Waals surface area contributed by atoms with Gasteiger partial charge in [0.25, 0.3) is 10.0 Å². The molecule has 0 spiro atoms. The highest BCUT2D eigenvalue weighted by molar-refractivity contribution is 7.92. The SMILES string of the molecule is Cc1ccnc(NS(=O)(=O)c2ccc(NC(=O)[C@H](C)N(c3ccc4c(c3)OCCO4)S(C)(=O)=O)cc2)n1. The maximum absolute atomic E-state index is 13.0. The highest BCUT2D eigenvalue weighted by Gasteiger charge is 2.30. The van der Waals surface area contributed by atoms with Crippen LogP contribution in [0.5, 0.6) is 11.5 Å². The van der Waals surface area contributed by atoms with E-state index in [2.05, 4.69) is 20.0 Å². The van der Waals surface area contributed by atoms with Gasteiger partial charge in [-0.3, -0.25) is 9.10 Å². The average Bonchev–Trinajstić information content (AvgIpc) is 2.83. The number of ether oxygens (including phenoxy) is 2. The van der Waals surface area contributed by atoms with Gasteiger partial charge in [0.15, 0.2) is 11.5 Å². The number of aromatic nitrogens is 2. The highest BCUT2D eigenvalue weighted by atomic mass is 32.2. The largest absolute Gasteiger partial charge is 0.486 e. The third-order valence-corrected chi connectivity index (χ3v) is 7.91. The number of nitrogens with zero attached hydrogens (tertiary/aromatic N) is 3. The quantitative estimate of drug-likeness (QED) is 0.431. The summed E-state index contributed by atoms with van der Waals surface area (Å²) in [7, 11) is -7.83. The molecule has 0 aliphatic carbocycles. The molecule has 4 rings (SSSR count). The molecule has 1 aromatic heterocycles. The lowest BCUT2D eigenvalue weighted by molar-refractivity contribution is -0.116. The summed E-state index contributed by atoms with van der Waals surface area (Å²) < 4.78 is 64.8. The van der Waals surface area contributed by atoms with Crippen molar-refractivity contribution in [2.24, 2.45) is 0 Å². The first-order chi connectivity index (χ1) is 17.4. The minimum atomic E-state index is -3.97. The molecule has 0 fully saturated rings. The van der Waals surface area contributed by atoms with Gasteiger partial charge in [-0.25, -0.2) is 31.5 Å². The van der Waals surface area contributed by atoms with Gasteiger partial charge in [-0.2, -0.15) is 0 Å². The van der Waals surface area contributed by atoms with Crippen molar-refractivity contribution in [1.29, 1.82) is 0 Å². The topological polar surface area (TPSA) is 157 Å². The summed E-state index contributed by atoms with van der Waals surface area (Å²) in [4.78, 5) is 20.8. The maximum Gasteiger partial charge on any atom is 0.264 e. The van der Waals surface area contributed by atoms with Crippen LogP contribution in [-0.4, -0.2) is 58.2 Å². The molecular weight excluding hydrogens is 522 g/mol. The molecule has 0 bridgehead atoms. The monoisotopic (exact) mass is 547 g/mol. The van der Waals surface area contributed by atoms with Crippen molar-refractivity contribution in [3.8, 4) is 11.5 Å². The Morgan fingerprint density at radius 2 is 1.68 bits per heavy atom. The molecule has 37 heavy (non-hydrogen) atoms. The van der Waals surface area contributed by atoms with Gasteiger partial charge in [-0.15, -0.1) is 0 Å². The van der Waals surface area contributed by atoms with Crippen molar-refractivity contribution < 1.29 is 31.1 Å². The lowest BCUT2D eigenvalue weighted by atomic mass is 10.2. The second kappa shape index (κ2) is 10.2. The third-order valence-electron chi connectivity index (χ3n) is 5.32. The lowest BCUT2D eigenvalue weighted by Gasteiger charge is -2.29. The number of hydrogen-bond donors (Lipinski definition) is 2. The van der Waals surface area contributed by atoms with Crippen LogP contribution in [0.2, 0.25) is 0 Å².